The minimum absolute atomic E-state index is 0.0264. The van der Waals surface area contributed by atoms with Gasteiger partial charge in [0.05, 0.1) is 25.9 Å². The number of rotatable bonds is 14. The molecule has 1 heterocycles. The summed E-state index contributed by atoms with van der Waals surface area (Å²) in [5.41, 5.74) is 7.19. The fourth-order valence-corrected chi connectivity index (χ4v) is 3.62. The Labute approximate surface area is 178 Å². The Hall–Kier alpha value is -2.18. The van der Waals surface area contributed by atoms with Gasteiger partial charge in [0.2, 0.25) is 0 Å². The van der Waals surface area contributed by atoms with Crippen LogP contribution in [0, 0.1) is 5.92 Å². The second-order valence-corrected chi connectivity index (χ2v) is 8.31. The van der Waals surface area contributed by atoms with Crippen molar-refractivity contribution in [2.24, 2.45) is 11.7 Å². The van der Waals surface area contributed by atoms with Crippen LogP contribution in [-0.4, -0.2) is 43.2 Å². The summed E-state index contributed by atoms with van der Waals surface area (Å²) in [5.74, 6) is 0.915. The van der Waals surface area contributed by atoms with E-state index in [-0.39, 0.29) is 11.8 Å². The first-order valence-corrected chi connectivity index (χ1v) is 11.0. The number of esters is 1. The smallest absolute Gasteiger partial charge is 0.340 e. The third-order valence-corrected chi connectivity index (χ3v) is 5.82. The van der Waals surface area contributed by atoms with E-state index in [1.165, 1.54) is 5.57 Å². The lowest BCUT2D eigenvalue weighted by molar-refractivity contribution is -0.149. The highest BCUT2D eigenvalue weighted by Gasteiger charge is 2.52. The molecule has 0 spiro atoms. The molecule has 6 nitrogen and oxygen atoms in total. The van der Waals surface area contributed by atoms with E-state index in [1.54, 1.807) is 19.1 Å². The van der Waals surface area contributed by atoms with Crippen molar-refractivity contribution in [3.63, 3.8) is 0 Å². The van der Waals surface area contributed by atoms with E-state index in [2.05, 4.69) is 6.58 Å². The Bertz CT molecular complexity index is 753. The number of hydrogen-bond acceptors (Lipinski definition) is 6. The summed E-state index contributed by atoms with van der Waals surface area (Å²) in [6.45, 7) is 7.21. The third-order valence-electron chi connectivity index (χ3n) is 5.82. The Balaban J connectivity index is 1.28. The van der Waals surface area contributed by atoms with Gasteiger partial charge in [-0.25, -0.2) is 4.79 Å². The maximum Gasteiger partial charge on any atom is 0.340 e. The second kappa shape index (κ2) is 10.2. The molecule has 1 aromatic carbocycles. The number of nitrogens with two attached hydrogens (primary N) is 1. The molecule has 0 aromatic heterocycles. The van der Waals surface area contributed by atoms with Crippen LogP contribution in [0.5, 0.6) is 5.75 Å². The van der Waals surface area contributed by atoms with E-state index in [0.29, 0.717) is 37.7 Å². The van der Waals surface area contributed by atoms with Gasteiger partial charge in [-0.1, -0.05) is 25.0 Å². The Morgan fingerprint density at radius 2 is 1.90 bits per heavy atom. The molecular weight excluding hydrogens is 382 g/mol. The molecule has 0 radical (unpaired) electrons. The molecule has 2 N–H and O–H groups in total. The normalized spacial score (nSPS) is 23.0. The number of ketones is 1. The molecule has 1 aliphatic heterocycles. The summed E-state index contributed by atoms with van der Waals surface area (Å²) < 4.78 is 16.2. The van der Waals surface area contributed by atoms with Crippen LogP contribution in [0.1, 0.15) is 62.2 Å². The lowest BCUT2D eigenvalue weighted by atomic mass is 10.00. The predicted octanol–water partition coefficient (Wildman–Crippen LogP) is 3.82. The lowest BCUT2D eigenvalue weighted by Gasteiger charge is -2.11. The lowest BCUT2D eigenvalue weighted by Crippen LogP contribution is -2.31. The van der Waals surface area contributed by atoms with Crippen LogP contribution in [-0.2, 0) is 14.3 Å². The average Bonchev–Trinajstić information content (AvgIpc) is 3.66. The van der Waals surface area contributed by atoms with E-state index in [4.69, 9.17) is 19.9 Å². The molecule has 3 atom stereocenters. The van der Waals surface area contributed by atoms with E-state index in [1.807, 2.05) is 12.1 Å². The van der Waals surface area contributed by atoms with Crippen LogP contribution in [0.2, 0.25) is 0 Å². The van der Waals surface area contributed by atoms with Gasteiger partial charge in [-0.15, -0.1) is 0 Å². The van der Waals surface area contributed by atoms with Crippen molar-refractivity contribution < 1.29 is 23.8 Å². The quantitative estimate of drug-likeness (QED) is 0.163. The number of allylic oxidation sites excluding steroid dienone is 1. The van der Waals surface area contributed by atoms with Gasteiger partial charge >= 0.3 is 5.97 Å². The zero-order chi connectivity index (χ0) is 21.6. The molecule has 1 aliphatic carbocycles. The standard InChI is InChI=1S/C24H33NO5/c1-3-28-23(27)24(16-30-24)12-6-4-5-7-13-29-20-10-8-18(9-11-20)22(26)21(25)15-19-14-17(19)2/h8-11,19,21H,2-7,12-16,25H2,1H3. The number of hydrogen-bond donors (Lipinski definition) is 1. The van der Waals surface area contributed by atoms with Crippen molar-refractivity contribution in [2.45, 2.75) is 63.5 Å². The summed E-state index contributed by atoms with van der Waals surface area (Å²) in [6.07, 6.45) is 6.31. The molecule has 1 saturated carbocycles. The molecular formula is C24H33NO5. The van der Waals surface area contributed by atoms with Crippen LogP contribution >= 0.6 is 0 Å². The Kier molecular flexibility index (Phi) is 7.67. The maximum atomic E-state index is 12.4. The van der Waals surface area contributed by atoms with Gasteiger partial charge in [0.25, 0.3) is 0 Å². The van der Waals surface area contributed by atoms with Crippen molar-refractivity contribution in [3.05, 3.63) is 42.0 Å². The van der Waals surface area contributed by atoms with Crippen LogP contribution in [0.4, 0.5) is 0 Å². The summed E-state index contributed by atoms with van der Waals surface area (Å²) >= 11 is 0. The summed E-state index contributed by atoms with van der Waals surface area (Å²) in [6, 6.07) is 6.74. The van der Waals surface area contributed by atoms with Crippen molar-refractivity contribution in [1.82, 2.24) is 0 Å². The topological polar surface area (TPSA) is 91.2 Å². The van der Waals surface area contributed by atoms with Gasteiger partial charge in [-0.3, -0.25) is 4.79 Å². The SMILES string of the molecule is C=C1CC1CC(N)C(=O)c1ccc(OCCCCCCC2(C(=O)OCC)CO2)cc1. The van der Waals surface area contributed by atoms with Gasteiger partial charge in [-0.2, -0.15) is 0 Å². The maximum absolute atomic E-state index is 12.4. The Morgan fingerprint density at radius 3 is 2.50 bits per heavy atom. The fourth-order valence-electron chi connectivity index (χ4n) is 3.62. The molecule has 164 valence electrons. The molecule has 6 heteroatoms. The van der Waals surface area contributed by atoms with E-state index in [9.17, 15) is 9.59 Å². The largest absolute Gasteiger partial charge is 0.494 e. The first kappa shape index (κ1) is 22.5. The summed E-state index contributed by atoms with van der Waals surface area (Å²) in [4.78, 5) is 24.2. The van der Waals surface area contributed by atoms with Crippen LogP contribution < -0.4 is 10.5 Å². The Morgan fingerprint density at radius 1 is 1.23 bits per heavy atom. The molecule has 2 fully saturated rings. The van der Waals surface area contributed by atoms with Gasteiger partial charge in [0.1, 0.15) is 5.75 Å². The van der Waals surface area contributed by atoms with E-state index in [0.717, 1.165) is 44.3 Å². The number of carbonyl (C=O) groups is 2. The predicted molar refractivity (Wildman–Crippen MR) is 115 cm³/mol. The molecule has 0 bridgehead atoms. The number of carbonyl (C=O) groups excluding carboxylic acids is 2. The van der Waals surface area contributed by atoms with Crippen molar-refractivity contribution >= 4 is 11.8 Å². The molecule has 3 unspecified atom stereocenters. The zero-order valence-corrected chi connectivity index (χ0v) is 17.9. The first-order chi connectivity index (χ1) is 14.4. The summed E-state index contributed by atoms with van der Waals surface area (Å²) in [5, 5.41) is 0. The highest BCUT2D eigenvalue weighted by atomic mass is 16.6. The van der Waals surface area contributed by atoms with Gasteiger partial charge in [0.15, 0.2) is 11.4 Å². The number of ether oxygens (including phenoxy) is 3. The highest BCUT2D eigenvalue weighted by Crippen LogP contribution is 2.39. The van der Waals surface area contributed by atoms with Crippen molar-refractivity contribution in [3.8, 4) is 5.75 Å². The van der Waals surface area contributed by atoms with E-state index < -0.39 is 11.6 Å². The van der Waals surface area contributed by atoms with E-state index >= 15 is 0 Å². The molecule has 1 aromatic rings. The first-order valence-electron chi connectivity index (χ1n) is 11.0. The number of unbranched alkanes of at least 4 members (excludes halogenated alkanes) is 3. The van der Waals surface area contributed by atoms with Gasteiger partial charge in [-0.05, 0) is 69.2 Å². The molecule has 1 saturated heterocycles. The van der Waals surface area contributed by atoms with Crippen molar-refractivity contribution in [2.75, 3.05) is 19.8 Å². The monoisotopic (exact) mass is 415 g/mol. The number of Topliss-reactive ketones (excluding diaryl/α,β-unsaturated/α-hetero) is 1. The summed E-state index contributed by atoms with van der Waals surface area (Å²) in [7, 11) is 0. The minimum atomic E-state index is -0.666. The number of benzene rings is 1. The molecule has 3 rings (SSSR count). The number of epoxide rings is 1. The second-order valence-electron chi connectivity index (χ2n) is 8.31. The average molecular weight is 416 g/mol. The fraction of sp³-hybridized carbons (Fsp3) is 0.583. The zero-order valence-electron chi connectivity index (χ0n) is 17.9. The van der Waals surface area contributed by atoms with Crippen LogP contribution in [0.25, 0.3) is 0 Å². The van der Waals surface area contributed by atoms with Gasteiger partial charge < -0.3 is 19.9 Å². The van der Waals surface area contributed by atoms with Crippen molar-refractivity contribution in [1.29, 1.82) is 0 Å². The third kappa shape index (κ3) is 6.16. The van der Waals surface area contributed by atoms with Crippen LogP contribution in [0.3, 0.4) is 0 Å². The molecule has 30 heavy (non-hydrogen) atoms. The molecule has 2 aliphatic rings. The molecule has 0 amide bonds. The minimum Gasteiger partial charge on any atom is -0.494 e. The van der Waals surface area contributed by atoms with Gasteiger partial charge in [0, 0.05) is 5.56 Å². The van der Waals surface area contributed by atoms with Crippen LogP contribution in [0.15, 0.2) is 36.4 Å². The highest BCUT2D eigenvalue weighted by molar-refractivity contribution is 6.00.